The van der Waals surface area contributed by atoms with Crippen LogP contribution >= 0.6 is 11.3 Å². The Labute approximate surface area is 172 Å². The molecule has 0 spiro atoms. The number of benzene rings is 1. The predicted molar refractivity (Wildman–Crippen MR) is 116 cm³/mol. The summed E-state index contributed by atoms with van der Waals surface area (Å²) in [4.78, 5) is 21.7. The summed E-state index contributed by atoms with van der Waals surface area (Å²) in [6.45, 7) is 10.6. The second kappa shape index (κ2) is 10.1. The van der Waals surface area contributed by atoms with Crippen molar-refractivity contribution in [2.24, 2.45) is 5.92 Å². The Morgan fingerprint density at radius 1 is 1.25 bits per heavy atom. The minimum Gasteiger partial charge on any atom is -0.356 e. The van der Waals surface area contributed by atoms with Gasteiger partial charge in [-0.25, -0.2) is 4.98 Å². The molecule has 2 heterocycles. The van der Waals surface area contributed by atoms with Gasteiger partial charge in [0.1, 0.15) is 5.01 Å². The van der Waals surface area contributed by atoms with E-state index in [0.29, 0.717) is 12.3 Å². The van der Waals surface area contributed by atoms with E-state index in [1.165, 1.54) is 5.56 Å². The van der Waals surface area contributed by atoms with E-state index in [4.69, 9.17) is 4.98 Å². The molecule has 1 saturated heterocycles. The van der Waals surface area contributed by atoms with Crippen molar-refractivity contribution in [1.82, 2.24) is 20.1 Å². The van der Waals surface area contributed by atoms with Crippen molar-refractivity contribution in [3.63, 3.8) is 0 Å². The Balaban J connectivity index is 1.56. The highest BCUT2D eigenvalue weighted by atomic mass is 32.1. The summed E-state index contributed by atoms with van der Waals surface area (Å²) in [7, 11) is 2.18. The number of hydrogen-bond acceptors (Lipinski definition) is 5. The molecule has 1 fully saturated rings. The number of hydrogen-bond donors (Lipinski definition) is 1. The van der Waals surface area contributed by atoms with Crippen LogP contribution in [0.4, 0.5) is 0 Å². The number of nitrogens with one attached hydrogen (secondary N) is 1. The first-order valence-electron chi connectivity index (χ1n) is 10.2. The molecule has 0 radical (unpaired) electrons. The zero-order valence-corrected chi connectivity index (χ0v) is 18.1. The van der Waals surface area contributed by atoms with Crippen LogP contribution in [0.25, 0.3) is 10.6 Å². The van der Waals surface area contributed by atoms with Gasteiger partial charge >= 0.3 is 0 Å². The van der Waals surface area contributed by atoms with Crippen LogP contribution in [0.3, 0.4) is 0 Å². The maximum Gasteiger partial charge on any atom is 0.226 e. The fraction of sp³-hybridized carbons (Fsp3) is 0.545. The summed E-state index contributed by atoms with van der Waals surface area (Å²) in [5, 5.41) is 5.98. The molecule has 0 saturated carbocycles. The molecule has 28 heavy (non-hydrogen) atoms. The third kappa shape index (κ3) is 6.40. The zero-order chi connectivity index (χ0) is 19.9. The Morgan fingerprint density at radius 2 is 2.04 bits per heavy atom. The molecule has 5 nitrogen and oxygen atoms in total. The van der Waals surface area contributed by atoms with Crippen molar-refractivity contribution in [3.05, 3.63) is 40.9 Å². The second-order valence-electron chi connectivity index (χ2n) is 8.13. The molecule has 1 aromatic heterocycles. The number of rotatable bonds is 8. The van der Waals surface area contributed by atoms with E-state index in [9.17, 15) is 4.79 Å². The maximum absolute atomic E-state index is 12.1. The maximum atomic E-state index is 12.1. The summed E-state index contributed by atoms with van der Waals surface area (Å²) >= 11 is 1.62. The van der Waals surface area contributed by atoms with Crippen molar-refractivity contribution in [2.75, 3.05) is 39.8 Å². The highest BCUT2D eigenvalue weighted by Gasteiger charge is 2.15. The van der Waals surface area contributed by atoms with Gasteiger partial charge in [-0.15, -0.1) is 11.3 Å². The Bertz CT molecular complexity index is 765. The molecular formula is C22H32N4OS. The lowest BCUT2D eigenvalue weighted by Gasteiger charge is -2.32. The summed E-state index contributed by atoms with van der Waals surface area (Å²) in [6.07, 6.45) is 1.36. The topological polar surface area (TPSA) is 48.5 Å². The standard InChI is InChI=1S/C22H32N4OS/c1-17(2)7-8-23-21(27)14-20-16-28-22(24-20)19-6-4-5-18(13-19)15-26-11-9-25(3)10-12-26/h4-6,13,16-17H,7-12,14-15H2,1-3H3,(H,23,27). The lowest BCUT2D eigenvalue weighted by Crippen LogP contribution is -2.43. The quantitative estimate of drug-likeness (QED) is 0.739. The molecule has 0 atom stereocenters. The summed E-state index contributed by atoms with van der Waals surface area (Å²) < 4.78 is 0. The monoisotopic (exact) mass is 400 g/mol. The van der Waals surface area contributed by atoms with Gasteiger partial charge in [-0.3, -0.25) is 9.69 Å². The SMILES string of the molecule is CC(C)CCNC(=O)Cc1csc(-c2cccc(CN3CCN(C)CC3)c2)n1. The molecule has 1 amide bonds. The molecule has 152 valence electrons. The van der Waals surface area contributed by atoms with Gasteiger partial charge in [-0.1, -0.05) is 32.0 Å². The van der Waals surface area contributed by atoms with Crippen LogP contribution in [0.1, 0.15) is 31.5 Å². The van der Waals surface area contributed by atoms with Gasteiger partial charge in [0.25, 0.3) is 0 Å². The molecule has 0 bridgehead atoms. The largest absolute Gasteiger partial charge is 0.356 e. The van der Waals surface area contributed by atoms with Crippen LogP contribution in [-0.2, 0) is 17.8 Å². The van der Waals surface area contributed by atoms with Gasteiger partial charge in [0.15, 0.2) is 0 Å². The number of carbonyl (C=O) groups excluding carboxylic acids is 1. The van der Waals surface area contributed by atoms with E-state index in [2.05, 4.69) is 60.3 Å². The fourth-order valence-electron chi connectivity index (χ4n) is 3.31. The van der Waals surface area contributed by atoms with Crippen molar-refractivity contribution >= 4 is 17.2 Å². The van der Waals surface area contributed by atoms with Crippen LogP contribution in [0, 0.1) is 5.92 Å². The van der Waals surface area contributed by atoms with Gasteiger partial charge in [0.05, 0.1) is 12.1 Å². The fourth-order valence-corrected chi connectivity index (χ4v) is 4.13. The van der Waals surface area contributed by atoms with E-state index in [-0.39, 0.29) is 5.91 Å². The summed E-state index contributed by atoms with van der Waals surface area (Å²) in [5.41, 5.74) is 3.32. The van der Waals surface area contributed by atoms with Crippen molar-refractivity contribution < 1.29 is 4.79 Å². The van der Waals surface area contributed by atoms with Crippen LogP contribution in [0.2, 0.25) is 0 Å². The smallest absolute Gasteiger partial charge is 0.226 e. The van der Waals surface area contributed by atoms with E-state index < -0.39 is 0 Å². The minimum atomic E-state index is 0.0568. The van der Waals surface area contributed by atoms with Crippen molar-refractivity contribution in [3.8, 4) is 10.6 Å². The third-order valence-electron chi connectivity index (χ3n) is 5.11. The van der Waals surface area contributed by atoms with Crippen LogP contribution in [-0.4, -0.2) is 60.5 Å². The average molecular weight is 401 g/mol. The average Bonchev–Trinajstić information content (AvgIpc) is 3.12. The van der Waals surface area contributed by atoms with E-state index in [1.54, 1.807) is 11.3 Å². The Hall–Kier alpha value is -1.76. The summed E-state index contributed by atoms with van der Waals surface area (Å²) in [6, 6.07) is 8.65. The highest BCUT2D eigenvalue weighted by molar-refractivity contribution is 7.13. The minimum absolute atomic E-state index is 0.0568. The third-order valence-corrected chi connectivity index (χ3v) is 6.05. The van der Waals surface area contributed by atoms with Gasteiger partial charge in [-0.2, -0.15) is 0 Å². The lowest BCUT2D eigenvalue weighted by molar-refractivity contribution is -0.120. The number of amides is 1. The van der Waals surface area contributed by atoms with E-state index in [1.807, 2.05) is 5.38 Å². The number of carbonyl (C=O) groups is 1. The van der Waals surface area contributed by atoms with Crippen LogP contribution < -0.4 is 5.32 Å². The molecule has 1 aliphatic rings. The number of thiazole rings is 1. The molecule has 6 heteroatoms. The van der Waals surface area contributed by atoms with Crippen molar-refractivity contribution in [2.45, 2.75) is 33.2 Å². The highest BCUT2D eigenvalue weighted by Crippen LogP contribution is 2.25. The molecule has 3 rings (SSSR count). The molecule has 0 aliphatic carbocycles. The van der Waals surface area contributed by atoms with Crippen molar-refractivity contribution in [1.29, 1.82) is 0 Å². The van der Waals surface area contributed by atoms with Gasteiger partial charge in [-0.05, 0) is 31.0 Å². The molecule has 1 aromatic carbocycles. The second-order valence-corrected chi connectivity index (χ2v) is 8.99. The molecule has 1 N–H and O–H groups in total. The van der Waals surface area contributed by atoms with E-state index >= 15 is 0 Å². The number of nitrogens with zero attached hydrogens (tertiary/aromatic N) is 3. The number of piperazine rings is 1. The number of likely N-dealkylation sites (N-methyl/N-ethyl adjacent to an activating group) is 1. The van der Waals surface area contributed by atoms with Gasteiger partial charge in [0, 0.05) is 50.2 Å². The van der Waals surface area contributed by atoms with Gasteiger partial charge < -0.3 is 10.2 Å². The Kier molecular flexibility index (Phi) is 7.59. The molecule has 0 unspecified atom stereocenters. The first-order chi connectivity index (χ1) is 13.5. The first kappa shape index (κ1) is 21.0. The predicted octanol–water partition coefficient (Wildman–Crippen LogP) is 3.26. The van der Waals surface area contributed by atoms with E-state index in [0.717, 1.165) is 62.0 Å². The number of aromatic nitrogens is 1. The Morgan fingerprint density at radius 3 is 2.79 bits per heavy atom. The molecule has 2 aromatic rings. The lowest BCUT2D eigenvalue weighted by atomic mass is 10.1. The summed E-state index contributed by atoms with van der Waals surface area (Å²) in [5.74, 6) is 0.658. The normalized spacial score (nSPS) is 15.9. The molecule has 1 aliphatic heterocycles. The molecular weight excluding hydrogens is 368 g/mol. The van der Waals surface area contributed by atoms with Crippen LogP contribution in [0.15, 0.2) is 29.6 Å². The van der Waals surface area contributed by atoms with Crippen LogP contribution in [0.5, 0.6) is 0 Å². The first-order valence-corrected chi connectivity index (χ1v) is 11.1. The van der Waals surface area contributed by atoms with Gasteiger partial charge in [0.2, 0.25) is 5.91 Å². The zero-order valence-electron chi connectivity index (χ0n) is 17.3.